The zero-order valence-electron chi connectivity index (χ0n) is 16.2. The first-order valence-corrected chi connectivity index (χ1v) is 10.2. The molecule has 0 radical (unpaired) electrons. The summed E-state index contributed by atoms with van der Waals surface area (Å²) in [5.74, 6) is -0.782. The molecule has 1 aromatic heterocycles. The average molecular weight is 420 g/mol. The van der Waals surface area contributed by atoms with Crippen LogP contribution in [0.25, 0.3) is 0 Å². The molecule has 4 rings (SSSR count). The number of likely N-dealkylation sites (tertiary alicyclic amines) is 1. The Balaban J connectivity index is 1.57. The fourth-order valence-corrected chi connectivity index (χ4v) is 4.25. The fourth-order valence-electron chi connectivity index (χ4n) is 4.02. The van der Waals surface area contributed by atoms with Gasteiger partial charge in [-0.2, -0.15) is 0 Å². The zero-order valence-corrected chi connectivity index (χ0v) is 17.0. The van der Waals surface area contributed by atoms with Gasteiger partial charge in [-0.25, -0.2) is 4.39 Å². The summed E-state index contributed by atoms with van der Waals surface area (Å²) in [7, 11) is 0. The third kappa shape index (κ3) is 3.89. The van der Waals surface area contributed by atoms with Gasteiger partial charge in [0.25, 0.3) is 11.8 Å². The lowest BCUT2D eigenvalue weighted by Crippen LogP contribution is -2.35. The van der Waals surface area contributed by atoms with Gasteiger partial charge < -0.3 is 19.5 Å². The van der Waals surface area contributed by atoms with Crippen LogP contribution in [0.4, 0.5) is 4.39 Å². The number of benzene rings is 1. The molecule has 6 nitrogen and oxygen atoms in total. The highest BCUT2D eigenvalue weighted by Gasteiger charge is 2.32. The van der Waals surface area contributed by atoms with Crippen LogP contribution in [0, 0.1) is 5.82 Å². The first kappa shape index (κ1) is 19.9. The van der Waals surface area contributed by atoms with Crippen molar-refractivity contribution in [3.8, 4) is 0 Å². The number of nitrogens with zero attached hydrogens (tertiary/aromatic N) is 2. The molecule has 1 aromatic carbocycles. The fraction of sp³-hybridized carbons (Fsp3) is 0.429. The van der Waals surface area contributed by atoms with Crippen LogP contribution in [-0.4, -0.2) is 40.5 Å². The van der Waals surface area contributed by atoms with Gasteiger partial charge in [0.15, 0.2) is 0 Å². The molecule has 154 valence electrons. The number of hydrogen-bond donors (Lipinski definition) is 1. The number of hydrogen-bond acceptors (Lipinski definition) is 3. The van der Waals surface area contributed by atoms with Crippen molar-refractivity contribution in [3.05, 3.63) is 57.6 Å². The van der Waals surface area contributed by atoms with Crippen LogP contribution in [-0.2, 0) is 24.4 Å². The summed E-state index contributed by atoms with van der Waals surface area (Å²) in [4.78, 5) is 27.8. The Labute approximate surface area is 173 Å². The topological polar surface area (TPSA) is 63.6 Å². The van der Waals surface area contributed by atoms with Crippen molar-refractivity contribution in [2.24, 2.45) is 0 Å². The second-order valence-corrected chi connectivity index (χ2v) is 7.91. The number of carbonyl (C=O) groups is 2. The second-order valence-electron chi connectivity index (χ2n) is 7.50. The molecule has 0 saturated carbocycles. The summed E-state index contributed by atoms with van der Waals surface area (Å²) in [6, 6.07) is 5.92. The van der Waals surface area contributed by atoms with Crippen molar-refractivity contribution >= 4 is 23.4 Å². The number of fused-ring (bicyclic) bond motifs is 1. The van der Waals surface area contributed by atoms with Crippen LogP contribution in [0.3, 0.4) is 0 Å². The molecule has 2 aliphatic rings. The third-order valence-electron chi connectivity index (χ3n) is 5.64. The predicted molar refractivity (Wildman–Crippen MR) is 106 cm³/mol. The molecule has 1 atom stereocenters. The molecule has 3 heterocycles. The molecule has 1 fully saturated rings. The zero-order chi connectivity index (χ0) is 20.5. The maximum atomic E-state index is 13.2. The van der Waals surface area contributed by atoms with Gasteiger partial charge in [-0.05, 0) is 43.5 Å². The van der Waals surface area contributed by atoms with Gasteiger partial charge >= 0.3 is 0 Å². The van der Waals surface area contributed by atoms with Gasteiger partial charge in [0.05, 0.1) is 24.5 Å². The van der Waals surface area contributed by atoms with Crippen molar-refractivity contribution < 1.29 is 18.7 Å². The SMILES string of the molecule is C[C@H]1CCCN1C(=O)c1cc(C(=O)NCc2ccc(F)cc2Cl)c2n1CCOC2. The summed E-state index contributed by atoms with van der Waals surface area (Å²) in [5.41, 5.74) is 2.28. The van der Waals surface area contributed by atoms with E-state index in [-0.39, 0.29) is 36.0 Å². The molecular formula is C21H23ClFN3O3. The van der Waals surface area contributed by atoms with Gasteiger partial charge in [-0.3, -0.25) is 9.59 Å². The normalized spacial score (nSPS) is 18.6. The van der Waals surface area contributed by atoms with Crippen LogP contribution in [0.5, 0.6) is 0 Å². The van der Waals surface area contributed by atoms with E-state index in [0.29, 0.717) is 35.7 Å². The van der Waals surface area contributed by atoms with Gasteiger partial charge in [0.1, 0.15) is 11.5 Å². The van der Waals surface area contributed by atoms with Crippen molar-refractivity contribution in [2.45, 2.75) is 45.5 Å². The maximum absolute atomic E-state index is 13.2. The van der Waals surface area contributed by atoms with E-state index in [1.54, 1.807) is 12.1 Å². The lowest BCUT2D eigenvalue weighted by molar-refractivity contribution is 0.0684. The molecule has 8 heteroatoms. The lowest BCUT2D eigenvalue weighted by Gasteiger charge is -2.24. The molecule has 29 heavy (non-hydrogen) atoms. The number of amides is 2. The summed E-state index contributed by atoms with van der Waals surface area (Å²) in [6.45, 7) is 4.27. The molecule has 2 aromatic rings. The molecule has 1 saturated heterocycles. The molecule has 0 unspecified atom stereocenters. The van der Waals surface area contributed by atoms with Crippen LogP contribution in [0.1, 0.15) is 51.9 Å². The van der Waals surface area contributed by atoms with E-state index >= 15 is 0 Å². The average Bonchev–Trinajstić information content (AvgIpc) is 3.30. The minimum absolute atomic E-state index is 0.0428. The Kier molecular flexibility index (Phi) is 5.61. The number of nitrogens with one attached hydrogen (secondary N) is 1. The molecular weight excluding hydrogens is 397 g/mol. The number of aromatic nitrogens is 1. The van der Waals surface area contributed by atoms with Gasteiger partial charge in [-0.1, -0.05) is 17.7 Å². The number of halogens is 2. The Hall–Kier alpha value is -2.38. The standard InChI is InChI=1S/C21H23ClFN3O3/c1-13-3-2-6-25(13)21(28)18-10-16(19-12-29-8-7-26(18)19)20(27)24-11-14-4-5-15(23)9-17(14)22/h4-5,9-10,13H,2-3,6-8,11-12H2,1H3,(H,24,27)/t13-/m0/s1. The van der Waals surface area contributed by atoms with Gasteiger partial charge in [-0.15, -0.1) is 0 Å². The smallest absolute Gasteiger partial charge is 0.270 e. The van der Waals surface area contributed by atoms with Gasteiger partial charge in [0.2, 0.25) is 0 Å². The van der Waals surface area contributed by atoms with Crippen molar-refractivity contribution in [2.75, 3.05) is 13.2 Å². The Morgan fingerprint density at radius 2 is 2.14 bits per heavy atom. The molecule has 0 bridgehead atoms. The van der Waals surface area contributed by atoms with Crippen molar-refractivity contribution in [3.63, 3.8) is 0 Å². The van der Waals surface area contributed by atoms with E-state index < -0.39 is 5.82 Å². The Bertz CT molecular complexity index is 959. The third-order valence-corrected chi connectivity index (χ3v) is 5.99. The van der Waals surface area contributed by atoms with Crippen LogP contribution in [0.2, 0.25) is 5.02 Å². The summed E-state index contributed by atoms with van der Waals surface area (Å²) < 4.78 is 20.6. The molecule has 2 amide bonds. The van der Waals surface area contributed by atoms with Gasteiger partial charge in [0, 0.05) is 30.7 Å². The van der Waals surface area contributed by atoms with E-state index in [2.05, 4.69) is 5.32 Å². The van der Waals surface area contributed by atoms with E-state index in [0.717, 1.165) is 19.4 Å². The number of rotatable bonds is 4. The molecule has 1 N–H and O–H groups in total. The quantitative estimate of drug-likeness (QED) is 0.826. The number of ether oxygens (including phenoxy) is 1. The Morgan fingerprint density at radius 1 is 1.31 bits per heavy atom. The van der Waals surface area contributed by atoms with E-state index in [9.17, 15) is 14.0 Å². The molecule has 2 aliphatic heterocycles. The minimum atomic E-state index is -0.428. The number of carbonyl (C=O) groups excluding carboxylic acids is 2. The minimum Gasteiger partial charge on any atom is -0.373 e. The summed E-state index contributed by atoms with van der Waals surface area (Å²) in [5, 5.41) is 3.07. The highest BCUT2D eigenvalue weighted by Crippen LogP contribution is 2.26. The molecule has 0 spiro atoms. The predicted octanol–water partition coefficient (Wildman–Crippen LogP) is 3.37. The van der Waals surface area contributed by atoms with E-state index in [4.69, 9.17) is 16.3 Å². The van der Waals surface area contributed by atoms with Crippen molar-refractivity contribution in [1.82, 2.24) is 14.8 Å². The second kappa shape index (κ2) is 8.16. The first-order valence-electron chi connectivity index (χ1n) is 9.79. The van der Waals surface area contributed by atoms with Crippen LogP contribution >= 0.6 is 11.6 Å². The monoisotopic (exact) mass is 419 g/mol. The highest BCUT2D eigenvalue weighted by atomic mass is 35.5. The highest BCUT2D eigenvalue weighted by molar-refractivity contribution is 6.31. The first-order chi connectivity index (χ1) is 14.0. The Morgan fingerprint density at radius 3 is 2.86 bits per heavy atom. The van der Waals surface area contributed by atoms with E-state index in [1.165, 1.54) is 12.1 Å². The maximum Gasteiger partial charge on any atom is 0.270 e. The summed E-state index contributed by atoms with van der Waals surface area (Å²) >= 11 is 6.04. The molecule has 0 aliphatic carbocycles. The lowest BCUT2D eigenvalue weighted by atomic mass is 10.2. The van der Waals surface area contributed by atoms with Crippen molar-refractivity contribution in [1.29, 1.82) is 0 Å². The summed E-state index contributed by atoms with van der Waals surface area (Å²) in [6.07, 6.45) is 1.99. The van der Waals surface area contributed by atoms with Crippen LogP contribution in [0.15, 0.2) is 24.3 Å². The largest absolute Gasteiger partial charge is 0.373 e. The van der Waals surface area contributed by atoms with Crippen LogP contribution < -0.4 is 5.32 Å². The van der Waals surface area contributed by atoms with E-state index in [1.807, 2.05) is 16.4 Å².